The zero-order valence-corrected chi connectivity index (χ0v) is 13.9. The summed E-state index contributed by atoms with van der Waals surface area (Å²) in [6, 6.07) is 0. The topological polar surface area (TPSA) is 0 Å². The first-order chi connectivity index (χ1) is 5.92. The van der Waals surface area contributed by atoms with Crippen LogP contribution in [-0.4, -0.2) is 13.3 Å². The van der Waals surface area contributed by atoms with Crippen LogP contribution in [0.2, 0.25) is 19.5 Å². The van der Waals surface area contributed by atoms with Crippen LogP contribution in [0.4, 0.5) is 0 Å². The standard InChI is InChI=1S/C13H30Ge/c1-11(2)10-14(9,12(3,4)5)13(6,7)8/h11H,10H2,1-9H3. The molecule has 0 radical (unpaired) electrons. The van der Waals surface area contributed by atoms with Gasteiger partial charge in [-0.05, 0) is 0 Å². The molecular formula is C13H30Ge. The van der Waals surface area contributed by atoms with Crippen LogP contribution >= 0.6 is 0 Å². The van der Waals surface area contributed by atoms with Crippen molar-refractivity contribution in [2.24, 2.45) is 5.92 Å². The van der Waals surface area contributed by atoms with Crippen LogP contribution in [0.3, 0.4) is 0 Å². The van der Waals surface area contributed by atoms with Crippen molar-refractivity contribution >= 4 is 13.3 Å². The second-order valence-electron chi connectivity index (χ2n) is 7.43. The van der Waals surface area contributed by atoms with E-state index in [0.717, 1.165) is 5.92 Å². The molecule has 86 valence electrons. The summed E-state index contributed by atoms with van der Waals surface area (Å²) in [4.78, 5) is 0. The van der Waals surface area contributed by atoms with Crippen molar-refractivity contribution in [3.8, 4) is 0 Å². The third-order valence-corrected chi connectivity index (χ3v) is 21.4. The zero-order valence-electron chi connectivity index (χ0n) is 11.8. The van der Waals surface area contributed by atoms with Crippen molar-refractivity contribution in [1.82, 2.24) is 0 Å². The van der Waals surface area contributed by atoms with Crippen LogP contribution in [-0.2, 0) is 0 Å². The molecule has 0 aromatic heterocycles. The van der Waals surface area contributed by atoms with Gasteiger partial charge in [-0.1, -0.05) is 0 Å². The zero-order chi connectivity index (χ0) is 11.8. The van der Waals surface area contributed by atoms with Crippen LogP contribution < -0.4 is 0 Å². The molecule has 0 aromatic rings. The van der Waals surface area contributed by atoms with Crippen molar-refractivity contribution in [2.75, 3.05) is 0 Å². The van der Waals surface area contributed by atoms with Gasteiger partial charge >= 0.3 is 94.1 Å². The first kappa shape index (κ1) is 14.5. The molecular weight excluding hydrogens is 229 g/mol. The maximum atomic E-state index is 2.64. The fraction of sp³-hybridized carbons (Fsp3) is 1.00. The molecule has 0 aliphatic heterocycles. The molecule has 0 spiro atoms. The molecule has 0 atom stereocenters. The molecule has 0 saturated heterocycles. The Labute approximate surface area is 94.2 Å². The van der Waals surface area contributed by atoms with Gasteiger partial charge in [-0.3, -0.25) is 0 Å². The first-order valence-electron chi connectivity index (χ1n) is 5.92. The Morgan fingerprint density at radius 1 is 0.857 bits per heavy atom. The molecule has 0 amide bonds. The fourth-order valence-electron chi connectivity index (χ4n) is 2.55. The quantitative estimate of drug-likeness (QED) is 0.588. The predicted molar refractivity (Wildman–Crippen MR) is 70.7 cm³/mol. The summed E-state index contributed by atoms with van der Waals surface area (Å²) < 4.78 is 1.12. The third kappa shape index (κ3) is 3.02. The Morgan fingerprint density at radius 2 is 1.14 bits per heavy atom. The molecule has 0 saturated carbocycles. The molecule has 0 aromatic carbocycles. The van der Waals surface area contributed by atoms with E-state index in [0.29, 0.717) is 8.49 Å². The SMILES string of the molecule is CC(C)[CH2][Ge]([CH3])([C](C)(C)C)[C](C)(C)C. The van der Waals surface area contributed by atoms with E-state index in [4.69, 9.17) is 0 Å². The molecule has 1 heteroatoms. The van der Waals surface area contributed by atoms with Crippen LogP contribution in [0.25, 0.3) is 0 Å². The maximum absolute atomic E-state index is 2.64. The van der Waals surface area contributed by atoms with Gasteiger partial charge in [0.25, 0.3) is 0 Å². The van der Waals surface area contributed by atoms with Gasteiger partial charge in [0, 0.05) is 0 Å². The van der Waals surface area contributed by atoms with Gasteiger partial charge in [-0.15, -0.1) is 0 Å². The van der Waals surface area contributed by atoms with Crippen LogP contribution in [0.1, 0.15) is 55.4 Å². The number of rotatable bonds is 2. The normalized spacial score (nSPS) is 15.0. The summed E-state index contributed by atoms with van der Waals surface area (Å²) in [5.41, 5.74) is 0. The van der Waals surface area contributed by atoms with Crippen LogP contribution in [0.5, 0.6) is 0 Å². The third-order valence-electron chi connectivity index (χ3n) is 4.13. The Morgan fingerprint density at radius 3 is 1.21 bits per heavy atom. The molecule has 0 heterocycles. The minimum absolute atomic E-state index is 0.558. The minimum atomic E-state index is -1.78. The van der Waals surface area contributed by atoms with E-state index in [1.807, 2.05) is 0 Å². The molecule has 0 fully saturated rings. The van der Waals surface area contributed by atoms with Gasteiger partial charge in [0.2, 0.25) is 0 Å². The Kier molecular flexibility index (Phi) is 4.36. The summed E-state index contributed by atoms with van der Waals surface area (Å²) in [6.07, 6.45) is 0. The van der Waals surface area contributed by atoms with Gasteiger partial charge in [-0.2, -0.15) is 0 Å². The first-order valence-corrected chi connectivity index (χ1v) is 11.6. The summed E-state index contributed by atoms with van der Waals surface area (Å²) in [7, 11) is 0. The monoisotopic (exact) mass is 260 g/mol. The Balaban J connectivity index is 5.07. The molecule has 0 N–H and O–H groups in total. The second-order valence-corrected chi connectivity index (χ2v) is 20.2. The molecule has 0 nitrogen and oxygen atoms in total. The Hall–Kier alpha value is 0.543. The number of hydrogen-bond donors (Lipinski definition) is 0. The van der Waals surface area contributed by atoms with E-state index in [9.17, 15) is 0 Å². The molecule has 0 unspecified atom stereocenters. The van der Waals surface area contributed by atoms with E-state index in [-0.39, 0.29) is 0 Å². The average molecular weight is 259 g/mol. The van der Waals surface area contributed by atoms with Gasteiger partial charge in [0.1, 0.15) is 0 Å². The van der Waals surface area contributed by atoms with E-state index < -0.39 is 13.3 Å². The number of hydrogen-bond acceptors (Lipinski definition) is 0. The van der Waals surface area contributed by atoms with Crippen molar-refractivity contribution in [3.05, 3.63) is 0 Å². The summed E-state index contributed by atoms with van der Waals surface area (Å²) in [5, 5.41) is 1.49. The average Bonchev–Trinajstić information content (AvgIpc) is 1.79. The fourth-order valence-corrected chi connectivity index (χ4v) is 13.3. The second kappa shape index (κ2) is 4.19. The van der Waals surface area contributed by atoms with Gasteiger partial charge in [-0.25, -0.2) is 0 Å². The van der Waals surface area contributed by atoms with E-state index >= 15 is 0 Å². The molecule has 14 heavy (non-hydrogen) atoms. The summed E-state index contributed by atoms with van der Waals surface area (Å²) in [5.74, 6) is 3.50. The summed E-state index contributed by atoms with van der Waals surface area (Å²) in [6.45, 7) is 19.5. The molecule has 0 aliphatic carbocycles. The molecule has 0 aliphatic rings. The molecule has 0 rings (SSSR count). The van der Waals surface area contributed by atoms with E-state index in [1.165, 1.54) is 5.25 Å². The summed E-state index contributed by atoms with van der Waals surface area (Å²) >= 11 is -1.78. The Bertz CT molecular complexity index is 164. The van der Waals surface area contributed by atoms with Crippen molar-refractivity contribution in [3.63, 3.8) is 0 Å². The van der Waals surface area contributed by atoms with Gasteiger partial charge in [0.05, 0.1) is 0 Å². The molecule has 0 bridgehead atoms. The van der Waals surface area contributed by atoms with Crippen LogP contribution in [0.15, 0.2) is 0 Å². The van der Waals surface area contributed by atoms with Crippen LogP contribution in [0, 0.1) is 5.92 Å². The van der Waals surface area contributed by atoms with Gasteiger partial charge in [0.15, 0.2) is 0 Å². The van der Waals surface area contributed by atoms with Gasteiger partial charge < -0.3 is 0 Å². The van der Waals surface area contributed by atoms with Crippen molar-refractivity contribution in [1.29, 1.82) is 0 Å². The van der Waals surface area contributed by atoms with E-state index in [2.05, 4.69) is 61.1 Å². The van der Waals surface area contributed by atoms with Crippen molar-refractivity contribution in [2.45, 2.75) is 74.9 Å². The van der Waals surface area contributed by atoms with Crippen molar-refractivity contribution < 1.29 is 0 Å². The van der Waals surface area contributed by atoms with E-state index in [1.54, 1.807) is 0 Å². The predicted octanol–water partition coefficient (Wildman–Crippen LogP) is 5.32.